The zero-order valence-electron chi connectivity index (χ0n) is 8.10. The third-order valence-electron chi connectivity index (χ3n) is 2.21. The minimum atomic E-state index is -0.167. The highest BCUT2D eigenvalue weighted by Gasteiger charge is 2.27. The van der Waals surface area contributed by atoms with E-state index in [-0.39, 0.29) is 17.1 Å². The summed E-state index contributed by atoms with van der Waals surface area (Å²) in [7, 11) is 0. The van der Waals surface area contributed by atoms with Crippen LogP contribution in [0.2, 0.25) is 0 Å². The second-order valence-electron chi connectivity index (χ2n) is 3.37. The van der Waals surface area contributed by atoms with Crippen molar-refractivity contribution in [3.63, 3.8) is 0 Å². The van der Waals surface area contributed by atoms with Crippen molar-refractivity contribution < 1.29 is 9.59 Å². The van der Waals surface area contributed by atoms with Crippen LogP contribution < -0.4 is 5.32 Å². The fourth-order valence-corrected chi connectivity index (χ4v) is 2.49. The number of carbonyl (C=O) groups is 2. The van der Waals surface area contributed by atoms with E-state index in [0.717, 1.165) is 4.90 Å². The number of piperidine rings is 1. The molecule has 0 radical (unpaired) electrons. The number of carbonyl (C=O) groups excluding carboxylic acids is 2. The summed E-state index contributed by atoms with van der Waals surface area (Å²) in [5.41, 5.74) is 0. The van der Waals surface area contributed by atoms with Gasteiger partial charge < -0.3 is 0 Å². The van der Waals surface area contributed by atoms with Crippen molar-refractivity contribution in [3.8, 4) is 0 Å². The molecule has 1 fully saturated rings. The highest BCUT2D eigenvalue weighted by Crippen LogP contribution is 2.27. The maximum Gasteiger partial charge on any atom is 0.240 e. The first-order valence-electron chi connectivity index (χ1n) is 4.81. The van der Waals surface area contributed by atoms with Crippen LogP contribution >= 0.6 is 11.8 Å². The normalized spacial score (nSPS) is 21.2. The van der Waals surface area contributed by atoms with E-state index >= 15 is 0 Å². The molecule has 2 rings (SSSR count). The smallest absolute Gasteiger partial charge is 0.240 e. The number of hydrogen-bond donors (Lipinski definition) is 1. The van der Waals surface area contributed by atoms with Gasteiger partial charge in [0.1, 0.15) is 0 Å². The zero-order valence-corrected chi connectivity index (χ0v) is 8.92. The molecule has 1 aromatic carbocycles. The molecule has 4 heteroatoms. The molecule has 0 spiro atoms. The van der Waals surface area contributed by atoms with E-state index in [0.29, 0.717) is 12.8 Å². The van der Waals surface area contributed by atoms with Crippen LogP contribution in [0.25, 0.3) is 0 Å². The summed E-state index contributed by atoms with van der Waals surface area (Å²) in [6.07, 6.45) is 1.07. The van der Waals surface area contributed by atoms with E-state index in [9.17, 15) is 9.59 Å². The van der Waals surface area contributed by atoms with Gasteiger partial charge in [0.15, 0.2) is 0 Å². The monoisotopic (exact) mass is 221 g/mol. The lowest BCUT2D eigenvalue weighted by molar-refractivity contribution is -0.132. The number of amides is 2. The Hall–Kier alpha value is -1.29. The molecule has 1 atom stereocenters. The van der Waals surface area contributed by atoms with Crippen LogP contribution in [0.5, 0.6) is 0 Å². The summed E-state index contributed by atoms with van der Waals surface area (Å²) in [5.74, 6) is -0.329. The van der Waals surface area contributed by atoms with E-state index in [1.165, 1.54) is 11.8 Å². The summed E-state index contributed by atoms with van der Waals surface area (Å²) in [5, 5.41) is 2.22. The van der Waals surface area contributed by atoms with Crippen molar-refractivity contribution in [3.05, 3.63) is 30.3 Å². The Morgan fingerprint density at radius 2 is 1.93 bits per heavy atom. The van der Waals surface area contributed by atoms with Crippen molar-refractivity contribution in [2.24, 2.45) is 0 Å². The van der Waals surface area contributed by atoms with Gasteiger partial charge >= 0.3 is 0 Å². The maximum absolute atomic E-state index is 11.5. The highest BCUT2D eigenvalue weighted by atomic mass is 32.2. The summed E-state index contributed by atoms with van der Waals surface area (Å²) >= 11 is 1.51. The van der Waals surface area contributed by atoms with Crippen LogP contribution in [0, 0.1) is 0 Å². The molecule has 78 valence electrons. The van der Waals surface area contributed by atoms with Gasteiger partial charge in [-0.15, -0.1) is 11.8 Å². The minimum Gasteiger partial charge on any atom is -0.295 e. The van der Waals surface area contributed by atoms with Crippen molar-refractivity contribution in [1.29, 1.82) is 0 Å². The van der Waals surface area contributed by atoms with E-state index in [1.54, 1.807) is 0 Å². The molecule has 15 heavy (non-hydrogen) atoms. The topological polar surface area (TPSA) is 46.2 Å². The van der Waals surface area contributed by atoms with Crippen LogP contribution in [0.3, 0.4) is 0 Å². The predicted molar refractivity (Wildman–Crippen MR) is 58.5 cm³/mol. The average Bonchev–Trinajstić information content (AvgIpc) is 2.24. The second kappa shape index (κ2) is 4.49. The molecule has 3 nitrogen and oxygen atoms in total. The van der Waals surface area contributed by atoms with E-state index < -0.39 is 0 Å². The number of nitrogens with one attached hydrogen (secondary N) is 1. The first kappa shape index (κ1) is 10.2. The van der Waals surface area contributed by atoms with Gasteiger partial charge in [-0.05, 0) is 18.6 Å². The lowest BCUT2D eigenvalue weighted by Gasteiger charge is -2.19. The maximum atomic E-state index is 11.5. The van der Waals surface area contributed by atoms with Crippen LogP contribution in [0.15, 0.2) is 35.2 Å². The summed E-state index contributed by atoms with van der Waals surface area (Å²) < 4.78 is 0. The van der Waals surface area contributed by atoms with Gasteiger partial charge in [0.25, 0.3) is 0 Å². The van der Waals surface area contributed by atoms with E-state index in [2.05, 4.69) is 5.32 Å². The van der Waals surface area contributed by atoms with Crippen molar-refractivity contribution in [1.82, 2.24) is 5.32 Å². The first-order chi connectivity index (χ1) is 7.25. The van der Waals surface area contributed by atoms with Crippen LogP contribution in [0.1, 0.15) is 12.8 Å². The Labute approximate surface area is 92.2 Å². The molecular formula is C11H11NO2S. The summed E-state index contributed by atoms with van der Waals surface area (Å²) in [6, 6.07) is 9.75. The van der Waals surface area contributed by atoms with Gasteiger partial charge in [0, 0.05) is 11.3 Å². The van der Waals surface area contributed by atoms with Gasteiger partial charge in [0.05, 0.1) is 5.25 Å². The Balaban J connectivity index is 2.01. The molecule has 1 aliphatic rings. The van der Waals surface area contributed by atoms with Crippen LogP contribution in [-0.4, -0.2) is 17.1 Å². The van der Waals surface area contributed by atoms with Crippen molar-refractivity contribution in [2.45, 2.75) is 23.0 Å². The van der Waals surface area contributed by atoms with Gasteiger partial charge in [-0.1, -0.05) is 18.2 Å². The van der Waals surface area contributed by atoms with Crippen LogP contribution in [-0.2, 0) is 9.59 Å². The second-order valence-corrected chi connectivity index (χ2v) is 4.65. The number of hydrogen-bond acceptors (Lipinski definition) is 3. The fourth-order valence-electron chi connectivity index (χ4n) is 1.45. The SMILES string of the molecule is O=C1CC[C@H](Sc2ccccc2)C(=O)N1. The number of benzene rings is 1. The molecular weight excluding hydrogens is 210 g/mol. The van der Waals surface area contributed by atoms with Gasteiger partial charge in [-0.2, -0.15) is 0 Å². The zero-order chi connectivity index (χ0) is 10.7. The lowest BCUT2D eigenvalue weighted by atomic mass is 10.1. The molecule has 1 aromatic rings. The number of rotatable bonds is 2. The molecule has 1 heterocycles. The molecule has 1 saturated heterocycles. The van der Waals surface area contributed by atoms with Crippen molar-refractivity contribution >= 4 is 23.6 Å². The minimum absolute atomic E-state index is 0.134. The van der Waals surface area contributed by atoms with Gasteiger partial charge in [0.2, 0.25) is 11.8 Å². The summed E-state index contributed by atoms with van der Waals surface area (Å²) in [6.45, 7) is 0. The Morgan fingerprint density at radius 1 is 1.20 bits per heavy atom. The molecule has 1 N–H and O–H groups in total. The molecule has 0 unspecified atom stereocenters. The molecule has 0 aromatic heterocycles. The Kier molecular flexibility index (Phi) is 3.06. The number of thioether (sulfide) groups is 1. The third kappa shape index (κ3) is 2.59. The molecule has 0 saturated carbocycles. The first-order valence-corrected chi connectivity index (χ1v) is 5.69. The van der Waals surface area contributed by atoms with Gasteiger partial charge in [-0.3, -0.25) is 14.9 Å². The van der Waals surface area contributed by atoms with E-state index in [1.807, 2.05) is 30.3 Å². The average molecular weight is 221 g/mol. The molecule has 0 bridgehead atoms. The molecule has 1 aliphatic heterocycles. The Bertz CT molecular complexity index is 377. The Morgan fingerprint density at radius 3 is 2.60 bits per heavy atom. The quantitative estimate of drug-likeness (QED) is 0.771. The largest absolute Gasteiger partial charge is 0.295 e. The highest BCUT2D eigenvalue weighted by molar-refractivity contribution is 8.00. The van der Waals surface area contributed by atoms with Crippen LogP contribution in [0.4, 0.5) is 0 Å². The fraction of sp³-hybridized carbons (Fsp3) is 0.273. The standard InChI is InChI=1S/C11H11NO2S/c13-10-7-6-9(11(14)12-10)15-8-4-2-1-3-5-8/h1-5,9H,6-7H2,(H,12,13,14)/t9-/m0/s1. The molecule has 2 amide bonds. The molecule has 0 aliphatic carbocycles. The van der Waals surface area contributed by atoms with E-state index in [4.69, 9.17) is 0 Å². The lowest BCUT2D eigenvalue weighted by Crippen LogP contribution is -2.42. The third-order valence-corrected chi connectivity index (χ3v) is 3.49. The van der Waals surface area contributed by atoms with Crippen molar-refractivity contribution in [2.75, 3.05) is 0 Å². The number of imide groups is 1. The predicted octanol–water partition coefficient (Wildman–Crippen LogP) is 1.58. The summed E-state index contributed by atoms with van der Waals surface area (Å²) in [4.78, 5) is 23.4. The van der Waals surface area contributed by atoms with Gasteiger partial charge in [-0.25, -0.2) is 0 Å².